The van der Waals surface area contributed by atoms with E-state index in [0.29, 0.717) is 5.75 Å². The van der Waals surface area contributed by atoms with Gasteiger partial charge in [0.1, 0.15) is 11.5 Å². The van der Waals surface area contributed by atoms with Crippen LogP contribution in [-0.4, -0.2) is 0 Å². The summed E-state index contributed by atoms with van der Waals surface area (Å²) < 4.78 is 5.97. The molecule has 0 aliphatic carbocycles. The highest BCUT2D eigenvalue weighted by Crippen LogP contribution is 2.37. The molecule has 0 bridgehead atoms. The van der Waals surface area contributed by atoms with E-state index in [1.165, 1.54) is 5.56 Å². The lowest BCUT2D eigenvalue weighted by atomic mass is 9.90. The Morgan fingerprint density at radius 2 is 1.70 bits per heavy atom. The Morgan fingerprint density at radius 1 is 0.870 bits per heavy atom. The molecular formula is C21H15O2-. The van der Waals surface area contributed by atoms with Crippen molar-refractivity contribution in [2.24, 2.45) is 0 Å². The van der Waals surface area contributed by atoms with Gasteiger partial charge in [0.15, 0.2) is 0 Å². The van der Waals surface area contributed by atoms with E-state index in [4.69, 9.17) is 4.74 Å². The number of fused-ring (bicyclic) bond motifs is 2. The van der Waals surface area contributed by atoms with Gasteiger partial charge in [0, 0.05) is 16.4 Å². The predicted octanol–water partition coefficient (Wildman–Crippen LogP) is 2.83. The van der Waals surface area contributed by atoms with Crippen molar-refractivity contribution >= 4 is 12.2 Å². The highest BCUT2D eigenvalue weighted by atomic mass is 16.5. The summed E-state index contributed by atoms with van der Waals surface area (Å²) >= 11 is 0. The first-order valence-corrected chi connectivity index (χ1v) is 7.52. The Balaban J connectivity index is 2.16. The molecule has 0 N–H and O–H groups in total. The zero-order valence-electron chi connectivity index (χ0n) is 12.8. The molecule has 3 aromatic rings. The molecule has 1 heterocycles. The molecule has 0 saturated heterocycles. The van der Waals surface area contributed by atoms with E-state index in [0.717, 1.165) is 32.9 Å². The Hall–Kier alpha value is -3.00. The molecule has 0 fully saturated rings. The van der Waals surface area contributed by atoms with Gasteiger partial charge in [-0.3, -0.25) is 0 Å². The van der Waals surface area contributed by atoms with E-state index in [1.54, 1.807) is 12.1 Å². The fourth-order valence-electron chi connectivity index (χ4n) is 3.06. The number of ether oxygens (including phenoxy) is 1. The van der Waals surface area contributed by atoms with Crippen LogP contribution >= 0.6 is 0 Å². The molecule has 3 aromatic carbocycles. The Morgan fingerprint density at radius 3 is 2.52 bits per heavy atom. The van der Waals surface area contributed by atoms with Crippen molar-refractivity contribution in [3.63, 3.8) is 0 Å². The lowest BCUT2D eigenvalue weighted by Gasteiger charge is -2.23. The molecule has 23 heavy (non-hydrogen) atoms. The summed E-state index contributed by atoms with van der Waals surface area (Å²) in [6, 6.07) is 19.2. The maximum Gasteiger partial charge on any atom is 0.135 e. The molecule has 2 heteroatoms. The Labute approximate surface area is 134 Å². The number of benzene rings is 3. The van der Waals surface area contributed by atoms with Gasteiger partial charge in [0.2, 0.25) is 0 Å². The van der Waals surface area contributed by atoms with Crippen LogP contribution < -0.4 is 20.3 Å². The molecule has 0 spiro atoms. The van der Waals surface area contributed by atoms with Gasteiger partial charge in [-0.15, -0.1) is 5.75 Å². The van der Waals surface area contributed by atoms with Gasteiger partial charge in [-0.25, -0.2) is 0 Å². The third-order valence-corrected chi connectivity index (χ3v) is 4.17. The van der Waals surface area contributed by atoms with E-state index in [2.05, 4.69) is 25.6 Å². The third kappa shape index (κ3) is 2.20. The quantitative estimate of drug-likeness (QED) is 0.541. The molecule has 0 aromatic heterocycles. The van der Waals surface area contributed by atoms with Crippen LogP contribution in [-0.2, 0) is 0 Å². The average molecular weight is 299 g/mol. The van der Waals surface area contributed by atoms with Crippen LogP contribution in [0.4, 0.5) is 0 Å². The Kier molecular flexibility index (Phi) is 2.98. The minimum Gasteiger partial charge on any atom is -0.872 e. The largest absolute Gasteiger partial charge is 0.872 e. The standard InChI is InChI=1S/C21H16O2/c1-13-7-9-17-19(11-13)23-20-12-15(22)8-10-18(20)21(17)16-6-4-3-5-14(16)2/h3-12,22H,1H2,2H3/p-1. The number of hydrogen-bond donors (Lipinski definition) is 0. The molecule has 0 radical (unpaired) electrons. The fraction of sp³-hybridized carbons (Fsp3) is 0.0476. The monoisotopic (exact) mass is 299 g/mol. The molecule has 2 nitrogen and oxygen atoms in total. The first-order chi connectivity index (χ1) is 11.1. The van der Waals surface area contributed by atoms with Crippen LogP contribution in [0.5, 0.6) is 17.2 Å². The van der Waals surface area contributed by atoms with Crippen LogP contribution in [0.25, 0.3) is 12.2 Å². The van der Waals surface area contributed by atoms with E-state index in [-0.39, 0.29) is 5.75 Å². The van der Waals surface area contributed by atoms with Crippen molar-refractivity contribution in [2.45, 2.75) is 6.92 Å². The summed E-state index contributed by atoms with van der Waals surface area (Å²) in [4.78, 5) is 0. The number of hydrogen-bond acceptors (Lipinski definition) is 2. The normalized spacial score (nSPS) is 12.3. The zero-order valence-corrected chi connectivity index (χ0v) is 12.8. The van der Waals surface area contributed by atoms with Gasteiger partial charge in [0.05, 0.1) is 0 Å². The average Bonchev–Trinajstić information content (AvgIpc) is 2.53. The van der Waals surface area contributed by atoms with Gasteiger partial charge in [0.25, 0.3) is 0 Å². The van der Waals surface area contributed by atoms with E-state index < -0.39 is 0 Å². The summed E-state index contributed by atoms with van der Waals surface area (Å²) in [5.41, 5.74) is 4.38. The minimum absolute atomic E-state index is 0.0536. The number of aryl methyl sites for hydroxylation is 1. The molecule has 112 valence electrons. The summed E-state index contributed by atoms with van der Waals surface area (Å²) in [5.74, 6) is 1.30. The van der Waals surface area contributed by atoms with Crippen LogP contribution in [0, 0.1) is 6.92 Å². The maximum absolute atomic E-state index is 11.7. The first kappa shape index (κ1) is 13.6. The summed E-state index contributed by atoms with van der Waals surface area (Å²) in [7, 11) is 0. The highest BCUT2D eigenvalue weighted by molar-refractivity contribution is 5.86. The van der Waals surface area contributed by atoms with E-state index in [1.807, 2.05) is 36.4 Å². The molecule has 0 amide bonds. The third-order valence-electron chi connectivity index (χ3n) is 4.17. The summed E-state index contributed by atoms with van der Waals surface area (Å²) in [6.45, 7) is 6.06. The van der Waals surface area contributed by atoms with Crippen molar-refractivity contribution < 1.29 is 9.84 Å². The maximum atomic E-state index is 11.7. The van der Waals surface area contributed by atoms with Crippen molar-refractivity contribution in [1.82, 2.24) is 0 Å². The second kappa shape index (κ2) is 5.03. The van der Waals surface area contributed by atoms with Crippen LogP contribution in [0.1, 0.15) is 16.7 Å². The molecule has 1 aliphatic heterocycles. The number of rotatable bonds is 1. The fourth-order valence-corrected chi connectivity index (χ4v) is 3.06. The van der Waals surface area contributed by atoms with Crippen molar-refractivity contribution in [2.75, 3.05) is 0 Å². The highest BCUT2D eigenvalue weighted by Gasteiger charge is 2.20. The van der Waals surface area contributed by atoms with Gasteiger partial charge in [-0.05, 0) is 35.4 Å². The second-order valence-corrected chi connectivity index (χ2v) is 5.78. The minimum atomic E-state index is -0.0536. The van der Waals surface area contributed by atoms with Crippen LogP contribution in [0.3, 0.4) is 0 Å². The lowest BCUT2D eigenvalue weighted by molar-refractivity contribution is -0.268. The summed E-state index contributed by atoms with van der Waals surface area (Å²) in [5, 5.41) is 13.6. The molecule has 1 aliphatic rings. The predicted molar refractivity (Wildman–Crippen MR) is 90.0 cm³/mol. The lowest BCUT2D eigenvalue weighted by Crippen LogP contribution is -2.20. The second-order valence-electron chi connectivity index (χ2n) is 5.78. The van der Waals surface area contributed by atoms with E-state index in [9.17, 15) is 5.11 Å². The van der Waals surface area contributed by atoms with Crippen molar-refractivity contribution in [3.05, 3.63) is 87.8 Å². The van der Waals surface area contributed by atoms with Gasteiger partial charge in [-0.1, -0.05) is 55.1 Å². The SMILES string of the molecule is C=c1ccc2c(c1)Oc1cc([O-])ccc1C=2c1ccccc1C. The molecule has 4 rings (SSSR count). The first-order valence-electron chi connectivity index (χ1n) is 7.52. The van der Waals surface area contributed by atoms with E-state index >= 15 is 0 Å². The van der Waals surface area contributed by atoms with Crippen molar-refractivity contribution in [3.8, 4) is 17.2 Å². The molecule has 0 atom stereocenters. The molecule has 0 saturated carbocycles. The summed E-state index contributed by atoms with van der Waals surface area (Å²) in [6.07, 6.45) is 0. The van der Waals surface area contributed by atoms with Crippen molar-refractivity contribution in [1.29, 1.82) is 0 Å². The van der Waals surface area contributed by atoms with Gasteiger partial charge in [-0.2, -0.15) is 0 Å². The smallest absolute Gasteiger partial charge is 0.135 e. The zero-order chi connectivity index (χ0) is 16.0. The topological polar surface area (TPSA) is 32.3 Å². The molecular weight excluding hydrogens is 284 g/mol. The van der Waals surface area contributed by atoms with Gasteiger partial charge >= 0.3 is 0 Å². The van der Waals surface area contributed by atoms with Crippen LogP contribution in [0.15, 0.2) is 60.7 Å². The Bertz CT molecular complexity index is 1030. The van der Waals surface area contributed by atoms with Gasteiger partial charge < -0.3 is 9.84 Å². The van der Waals surface area contributed by atoms with Crippen LogP contribution in [0.2, 0.25) is 0 Å². The molecule has 0 unspecified atom stereocenters.